The van der Waals surface area contributed by atoms with Gasteiger partial charge in [0.2, 0.25) is 0 Å². The molecule has 13 aromatic rings. The lowest BCUT2D eigenvalue weighted by Crippen LogP contribution is -1.94. The van der Waals surface area contributed by atoms with E-state index in [-0.39, 0.29) is 0 Å². The molecule has 290 valence electrons. The van der Waals surface area contributed by atoms with Crippen molar-refractivity contribution in [2.45, 2.75) is 0 Å². The predicted octanol–water partition coefficient (Wildman–Crippen LogP) is 16.0. The van der Waals surface area contributed by atoms with Crippen molar-refractivity contribution in [3.63, 3.8) is 0 Å². The fourth-order valence-corrected chi connectivity index (χ4v) is 10.8. The Labute approximate surface area is 362 Å². The molecule has 1 aliphatic carbocycles. The first-order valence-electron chi connectivity index (χ1n) is 21.7. The fourth-order valence-electron chi connectivity index (χ4n) is 10.8. The highest BCUT2D eigenvalue weighted by Crippen LogP contribution is 2.51. The molecule has 11 aromatic carbocycles. The summed E-state index contributed by atoms with van der Waals surface area (Å²) < 4.78 is 2.40. The summed E-state index contributed by atoms with van der Waals surface area (Å²) >= 11 is 0. The Morgan fingerprint density at radius 3 is 1.68 bits per heavy atom. The highest BCUT2D eigenvalue weighted by atomic mass is 15.0. The second-order valence-corrected chi connectivity index (χ2v) is 16.8. The molecule has 2 aromatic heterocycles. The van der Waals surface area contributed by atoms with E-state index in [2.05, 4.69) is 205 Å². The minimum atomic E-state index is 0.917. The predicted molar refractivity (Wildman–Crippen MR) is 265 cm³/mol. The Kier molecular flexibility index (Phi) is 7.11. The molecule has 2 heterocycles. The maximum absolute atomic E-state index is 5.17. The number of hydrogen-bond acceptors (Lipinski definition) is 2. The number of fused-ring (bicyclic) bond motifs is 10. The van der Waals surface area contributed by atoms with Gasteiger partial charge in [0.25, 0.3) is 0 Å². The summed E-state index contributed by atoms with van der Waals surface area (Å²) in [5.74, 6) is 0. The fraction of sp³-hybridized carbons (Fsp3) is 0. The van der Waals surface area contributed by atoms with Crippen LogP contribution in [0.1, 0.15) is 0 Å². The van der Waals surface area contributed by atoms with Gasteiger partial charge in [-0.15, -0.1) is 0 Å². The van der Waals surface area contributed by atoms with E-state index in [0.29, 0.717) is 0 Å². The molecule has 1 aliphatic rings. The summed E-state index contributed by atoms with van der Waals surface area (Å²) in [7, 11) is 0. The molecule has 0 saturated carbocycles. The molecule has 3 heteroatoms. The smallest absolute Gasteiger partial charge is 0.0979 e. The zero-order chi connectivity index (χ0) is 41.2. The first kappa shape index (κ1) is 34.3. The van der Waals surface area contributed by atoms with Gasteiger partial charge in [-0.05, 0) is 120 Å². The molecule has 0 unspecified atom stereocenters. The Morgan fingerprint density at radius 2 is 0.857 bits per heavy atom. The number of nitrogens with zero attached hydrogens (tertiary/aromatic N) is 3. The Hall–Kier alpha value is -8.40. The molecule has 0 radical (unpaired) electrons. The second kappa shape index (κ2) is 13.1. The van der Waals surface area contributed by atoms with Gasteiger partial charge >= 0.3 is 0 Å². The summed E-state index contributed by atoms with van der Waals surface area (Å²) in [4.78, 5) is 10.3. The Morgan fingerprint density at radius 1 is 0.302 bits per heavy atom. The molecule has 14 rings (SSSR count). The van der Waals surface area contributed by atoms with Gasteiger partial charge in [0.05, 0.1) is 33.5 Å². The quantitative estimate of drug-likeness (QED) is 0.166. The van der Waals surface area contributed by atoms with Crippen molar-refractivity contribution in [2.75, 3.05) is 0 Å². The highest BCUT2D eigenvalue weighted by molar-refractivity contribution is 6.25. The lowest BCUT2D eigenvalue weighted by Gasteiger charge is -2.20. The van der Waals surface area contributed by atoms with Crippen LogP contribution in [0.3, 0.4) is 0 Å². The van der Waals surface area contributed by atoms with Crippen molar-refractivity contribution in [3.8, 4) is 61.6 Å². The standard InChI is InChI=1S/C60H35N3/c1-2-16-39(17-3-1)63-54-27-11-8-19-42(54)50-35-38(29-33-55(50)63)56-45-20-6-7-21-46(45)57(43-22-12-15-36-14-4-5-18-40(36)43)47-30-28-37(34-51(47)56)41-31-32-49-58-44(41)23-13-24-48(58)59-60(49)62-53-26-10-9-25-52(53)61-59/h1-35H. The third kappa shape index (κ3) is 4.90. The SMILES string of the molecule is c1ccc(-n2c3ccccc3c3cc(-c4c5ccccc5c(-c5cccc6ccccc56)c5ccc(-c6ccc7c8c(cccc68)-c6nc8ccccc8nc6-7)cc45)ccc32)cc1. The molecular formula is C60H35N3. The van der Waals surface area contributed by atoms with Crippen LogP contribution >= 0.6 is 0 Å². The summed E-state index contributed by atoms with van der Waals surface area (Å²) in [6.45, 7) is 0. The van der Waals surface area contributed by atoms with Crippen LogP contribution in [-0.4, -0.2) is 14.5 Å². The number of rotatable bonds is 4. The van der Waals surface area contributed by atoms with Crippen LogP contribution in [0.4, 0.5) is 0 Å². The van der Waals surface area contributed by atoms with Crippen LogP contribution < -0.4 is 0 Å². The summed E-state index contributed by atoms with van der Waals surface area (Å²) in [5, 5.41) is 12.3. The zero-order valence-corrected chi connectivity index (χ0v) is 34.0. The van der Waals surface area contributed by atoms with Gasteiger partial charge in [0.15, 0.2) is 0 Å². The number of para-hydroxylation sites is 4. The number of benzene rings is 11. The first-order chi connectivity index (χ1) is 31.3. The molecule has 0 aliphatic heterocycles. The van der Waals surface area contributed by atoms with Gasteiger partial charge in [-0.1, -0.05) is 164 Å². The van der Waals surface area contributed by atoms with Crippen molar-refractivity contribution >= 4 is 75.9 Å². The zero-order valence-electron chi connectivity index (χ0n) is 34.0. The molecule has 0 amide bonds. The maximum Gasteiger partial charge on any atom is 0.0979 e. The highest BCUT2D eigenvalue weighted by Gasteiger charge is 2.27. The third-order valence-corrected chi connectivity index (χ3v) is 13.5. The van der Waals surface area contributed by atoms with Crippen LogP contribution in [0.5, 0.6) is 0 Å². The van der Waals surface area contributed by atoms with Gasteiger partial charge < -0.3 is 4.57 Å². The lowest BCUT2D eigenvalue weighted by atomic mass is 9.83. The minimum absolute atomic E-state index is 0.917. The van der Waals surface area contributed by atoms with Crippen LogP contribution in [0.15, 0.2) is 212 Å². The Balaban J connectivity index is 1.07. The normalized spacial score (nSPS) is 12.1. The van der Waals surface area contributed by atoms with E-state index in [1.807, 2.05) is 12.1 Å². The van der Waals surface area contributed by atoms with Gasteiger partial charge in [-0.2, -0.15) is 0 Å². The second-order valence-electron chi connectivity index (χ2n) is 16.8. The van der Waals surface area contributed by atoms with E-state index in [0.717, 1.165) is 39.2 Å². The molecule has 0 atom stereocenters. The van der Waals surface area contributed by atoms with Gasteiger partial charge in [0, 0.05) is 33.0 Å². The van der Waals surface area contributed by atoms with E-state index in [1.54, 1.807) is 0 Å². The van der Waals surface area contributed by atoms with Crippen molar-refractivity contribution in [2.24, 2.45) is 0 Å². The molecule has 3 nitrogen and oxygen atoms in total. The van der Waals surface area contributed by atoms with Crippen molar-refractivity contribution in [3.05, 3.63) is 212 Å². The summed E-state index contributed by atoms with van der Waals surface area (Å²) in [5.41, 5.74) is 16.9. The largest absolute Gasteiger partial charge is 0.309 e. The van der Waals surface area contributed by atoms with E-state index in [1.165, 1.54) is 98.3 Å². The molecule has 0 spiro atoms. The van der Waals surface area contributed by atoms with Crippen molar-refractivity contribution in [1.29, 1.82) is 0 Å². The maximum atomic E-state index is 5.17. The number of hydrogen-bond donors (Lipinski definition) is 0. The topological polar surface area (TPSA) is 30.7 Å². The van der Waals surface area contributed by atoms with Crippen molar-refractivity contribution < 1.29 is 0 Å². The monoisotopic (exact) mass is 797 g/mol. The summed E-state index contributed by atoms with van der Waals surface area (Å²) in [6.07, 6.45) is 0. The molecule has 0 N–H and O–H groups in total. The van der Waals surface area contributed by atoms with E-state index < -0.39 is 0 Å². The van der Waals surface area contributed by atoms with Crippen LogP contribution in [0.2, 0.25) is 0 Å². The Bertz CT molecular complexity index is 4030. The average molecular weight is 798 g/mol. The molecule has 63 heavy (non-hydrogen) atoms. The summed E-state index contributed by atoms with van der Waals surface area (Å²) in [6, 6.07) is 77.7. The molecule has 0 fully saturated rings. The van der Waals surface area contributed by atoms with Crippen LogP contribution in [0, 0.1) is 0 Å². The molecule has 0 bridgehead atoms. The lowest BCUT2D eigenvalue weighted by molar-refractivity contribution is 1.18. The third-order valence-electron chi connectivity index (χ3n) is 13.5. The van der Waals surface area contributed by atoms with Gasteiger partial charge in [-0.3, -0.25) is 0 Å². The molecule has 0 saturated heterocycles. The van der Waals surface area contributed by atoms with E-state index >= 15 is 0 Å². The van der Waals surface area contributed by atoms with Crippen molar-refractivity contribution in [1.82, 2.24) is 14.5 Å². The van der Waals surface area contributed by atoms with Crippen LogP contribution in [-0.2, 0) is 0 Å². The number of aromatic nitrogens is 3. The molecular weight excluding hydrogens is 763 g/mol. The van der Waals surface area contributed by atoms with E-state index in [9.17, 15) is 0 Å². The van der Waals surface area contributed by atoms with Gasteiger partial charge in [0.1, 0.15) is 0 Å². The van der Waals surface area contributed by atoms with Crippen LogP contribution in [0.25, 0.3) is 138 Å². The minimum Gasteiger partial charge on any atom is -0.309 e. The van der Waals surface area contributed by atoms with Gasteiger partial charge in [-0.25, -0.2) is 9.97 Å². The average Bonchev–Trinajstić information content (AvgIpc) is 3.85. The first-order valence-corrected chi connectivity index (χ1v) is 21.7. The van der Waals surface area contributed by atoms with E-state index in [4.69, 9.17) is 9.97 Å².